The highest BCUT2D eigenvalue weighted by molar-refractivity contribution is 5.99. The monoisotopic (exact) mass is 215 g/mol. The topological polar surface area (TPSA) is 57.0 Å². The molecule has 80 valence electrons. The van der Waals surface area contributed by atoms with Crippen molar-refractivity contribution in [1.82, 2.24) is 15.0 Å². The second-order valence-corrected chi connectivity index (χ2v) is 3.61. The van der Waals surface area contributed by atoms with Crippen LogP contribution in [-0.2, 0) is 11.3 Å². The van der Waals surface area contributed by atoms with E-state index in [-0.39, 0.29) is 12.4 Å². The Hall–Kier alpha value is -2.01. The minimum atomic E-state index is 0.0337. The number of Topliss-reactive ketones (excluding diaryl/α,β-unsaturated/α-hetero) is 1. The van der Waals surface area contributed by atoms with Crippen molar-refractivity contribution >= 4 is 5.78 Å². The molecule has 0 bridgehead atoms. The predicted molar refractivity (Wildman–Crippen MR) is 55.3 cm³/mol. The summed E-state index contributed by atoms with van der Waals surface area (Å²) in [7, 11) is 0. The van der Waals surface area contributed by atoms with Crippen LogP contribution in [0.5, 0.6) is 0 Å². The Kier molecular flexibility index (Phi) is 2.04. The first-order valence-corrected chi connectivity index (χ1v) is 4.95. The summed E-state index contributed by atoms with van der Waals surface area (Å²) in [6.07, 6.45) is 3.37. The second-order valence-electron chi connectivity index (χ2n) is 3.61. The van der Waals surface area contributed by atoms with E-state index in [1.807, 2.05) is 18.2 Å². The first kappa shape index (κ1) is 9.23. The molecule has 0 fully saturated rings. The maximum atomic E-state index is 11.5. The molecule has 16 heavy (non-hydrogen) atoms. The highest BCUT2D eigenvalue weighted by Crippen LogP contribution is 2.19. The fourth-order valence-corrected chi connectivity index (χ4v) is 1.79. The van der Waals surface area contributed by atoms with Crippen LogP contribution in [0.2, 0.25) is 0 Å². The predicted octanol–water partition coefficient (Wildman–Crippen LogP) is 0.980. The van der Waals surface area contributed by atoms with Gasteiger partial charge >= 0.3 is 0 Å². The van der Waals surface area contributed by atoms with Crippen molar-refractivity contribution in [1.29, 1.82) is 0 Å². The molecule has 0 N–H and O–H groups in total. The van der Waals surface area contributed by atoms with Gasteiger partial charge in [-0.25, -0.2) is 4.68 Å². The van der Waals surface area contributed by atoms with E-state index in [1.54, 1.807) is 17.1 Å². The van der Waals surface area contributed by atoms with E-state index in [2.05, 4.69) is 10.3 Å². The van der Waals surface area contributed by atoms with Crippen molar-refractivity contribution in [3.8, 4) is 5.69 Å². The summed E-state index contributed by atoms with van der Waals surface area (Å²) in [5, 5.41) is 7.64. The lowest BCUT2D eigenvalue weighted by molar-refractivity contribution is 0.0665. The molecule has 0 saturated heterocycles. The van der Waals surface area contributed by atoms with Gasteiger partial charge < -0.3 is 4.74 Å². The molecule has 0 unspecified atom stereocenters. The Morgan fingerprint density at radius 3 is 3.06 bits per heavy atom. The molecule has 2 aromatic rings. The van der Waals surface area contributed by atoms with Gasteiger partial charge in [-0.1, -0.05) is 5.21 Å². The Morgan fingerprint density at radius 2 is 2.25 bits per heavy atom. The minimum absolute atomic E-state index is 0.0337. The lowest BCUT2D eigenvalue weighted by Crippen LogP contribution is -2.18. The van der Waals surface area contributed by atoms with Gasteiger partial charge in [-0.3, -0.25) is 4.79 Å². The van der Waals surface area contributed by atoms with Gasteiger partial charge in [0.25, 0.3) is 0 Å². The number of fused-ring (bicyclic) bond motifs is 1. The van der Waals surface area contributed by atoms with E-state index in [0.29, 0.717) is 6.61 Å². The largest absolute Gasteiger partial charge is 0.369 e. The van der Waals surface area contributed by atoms with Gasteiger partial charge in [0.05, 0.1) is 24.7 Å². The summed E-state index contributed by atoms with van der Waals surface area (Å²) in [6.45, 7) is 0.652. The molecule has 1 aromatic heterocycles. The Bertz CT molecular complexity index is 534. The number of hydrogen-bond donors (Lipinski definition) is 0. The Balaban J connectivity index is 2.08. The Labute approximate surface area is 91.6 Å². The highest BCUT2D eigenvalue weighted by atomic mass is 16.5. The molecule has 0 saturated carbocycles. The average Bonchev–Trinajstić information content (AvgIpc) is 2.82. The van der Waals surface area contributed by atoms with Gasteiger partial charge in [-0.05, 0) is 23.8 Å². The summed E-state index contributed by atoms with van der Waals surface area (Å²) in [6, 6.07) is 5.58. The maximum absolute atomic E-state index is 11.5. The fraction of sp³-hybridized carbons (Fsp3) is 0.182. The molecule has 0 radical (unpaired) electrons. The molecule has 0 amide bonds. The maximum Gasteiger partial charge on any atom is 0.188 e. The molecule has 3 rings (SSSR count). The van der Waals surface area contributed by atoms with Crippen LogP contribution in [0.25, 0.3) is 5.69 Å². The lowest BCUT2D eigenvalue weighted by Gasteiger charge is -2.15. The number of ether oxygens (including phenoxy) is 1. The van der Waals surface area contributed by atoms with Crippen LogP contribution in [0.15, 0.2) is 30.6 Å². The number of hydrogen-bond acceptors (Lipinski definition) is 4. The van der Waals surface area contributed by atoms with Crippen molar-refractivity contribution in [3.05, 3.63) is 41.7 Å². The summed E-state index contributed by atoms with van der Waals surface area (Å²) >= 11 is 0. The van der Waals surface area contributed by atoms with Crippen molar-refractivity contribution in [2.45, 2.75) is 6.61 Å². The molecule has 0 spiro atoms. The molecule has 1 aliphatic rings. The average molecular weight is 215 g/mol. The number of ketones is 1. The number of nitrogens with zero attached hydrogens (tertiary/aromatic N) is 3. The van der Waals surface area contributed by atoms with E-state index in [9.17, 15) is 4.79 Å². The van der Waals surface area contributed by atoms with E-state index < -0.39 is 0 Å². The fourth-order valence-electron chi connectivity index (χ4n) is 1.79. The van der Waals surface area contributed by atoms with Gasteiger partial charge in [-0.2, -0.15) is 0 Å². The standard InChI is InChI=1S/C11H9N3O2/c15-11-7-16-6-8-5-9(1-2-10(8)11)14-4-3-12-13-14/h1-5H,6-7H2. The molecule has 0 atom stereocenters. The second kappa shape index (κ2) is 3.53. The zero-order valence-corrected chi connectivity index (χ0v) is 8.46. The van der Waals surface area contributed by atoms with E-state index >= 15 is 0 Å². The van der Waals surface area contributed by atoms with E-state index in [4.69, 9.17) is 4.74 Å². The zero-order chi connectivity index (χ0) is 11.0. The van der Waals surface area contributed by atoms with Gasteiger partial charge in [0, 0.05) is 5.56 Å². The van der Waals surface area contributed by atoms with Crippen LogP contribution in [0, 0.1) is 0 Å². The van der Waals surface area contributed by atoms with Gasteiger partial charge in [0.2, 0.25) is 0 Å². The lowest BCUT2D eigenvalue weighted by atomic mass is 10.0. The van der Waals surface area contributed by atoms with Gasteiger partial charge in [-0.15, -0.1) is 5.10 Å². The summed E-state index contributed by atoms with van der Waals surface area (Å²) < 4.78 is 6.84. The summed E-state index contributed by atoms with van der Waals surface area (Å²) in [4.78, 5) is 11.5. The van der Waals surface area contributed by atoms with Gasteiger partial charge in [0.15, 0.2) is 5.78 Å². The SMILES string of the molecule is O=C1COCc2cc(-n3ccnn3)ccc21. The van der Waals surface area contributed by atoms with Crippen molar-refractivity contribution in [3.63, 3.8) is 0 Å². The molecule has 0 aliphatic carbocycles. The zero-order valence-electron chi connectivity index (χ0n) is 8.46. The van der Waals surface area contributed by atoms with Crippen LogP contribution >= 0.6 is 0 Å². The molecule has 1 aromatic carbocycles. The van der Waals surface area contributed by atoms with E-state index in [0.717, 1.165) is 16.8 Å². The third-order valence-electron chi connectivity index (χ3n) is 2.57. The van der Waals surface area contributed by atoms with Crippen molar-refractivity contribution < 1.29 is 9.53 Å². The van der Waals surface area contributed by atoms with Crippen LogP contribution in [-0.4, -0.2) is 27.4 Å². The first-order valence-electron chi connectivity index (χ1n) is 4.95. The molecular formula is C11H9N3O2. The van der Waals surface area contributed by atoms with Crippen molar-refractivity contribution in [2.24, 2.45) is 0 Å². The normalized spacial score (nSPS) is 14.9. The molecular weight excluding hydrogens is 206 g/mol. The molecule has 5 nitrogen and oxygen atoms in total. The number of benzene rings is 1. The molecule has 2 heterocycles. The van der Waals surface area contributed by atoms with Crippen LogP contribution in [0.1, 0.15) is 15.9 Å². The number of carbonyl (C=O) groups excluding carboxylic acids is 1. The highest BCUT2D eigenvalue weighted by Gasteiger charge is 2.17. The van der Waals surface area contributed by atoms with Crippen LogP contribution in [0.3, 0.4) is 0 Å². The van der Waals surface area contributed by atoms with E-state index in [1.165, 1.54) is 0 Å². The quantitative estimate of drug-likeness (QED) is 0.711. The molecule has 1 aliphatic heterocycles. The summed E-state index contributed by atoms with van der Waals surface area (Å²) in [5.74, 6) is 0.0337. The first-order chi connectivity index (χ1) is 7.84. The van der Waals surface area contributed by atoms with Crippen LogP contribution in [0.4, 0.5) is 0 Å². The molecule has 5 heteroatoms. The smallest absolute Gasteiger partial charge is 0.188 e. The number of rotatable bonds is 1. The third-order valence-corrected chi connectivity index (χ3v) is 2.57. The third kappa shape index (κ3) is 1.42. The Morgan fingerprint density at radius 1 is 1.31 bits per heavy atom. The summed E-state index contributed by atoms with van der Waals surface area (Å²) in [5.41, 5.74) is 2.54. The number of aromatic nitrogens is 3. The minimum Gasteiger partial charge on any atom is -0.369 e. The van der Waals surface area contributed by atoms with Crippen LogP contribution < -0.4 is 0 Å². The van der Waals surface area contributed by atoms with Crippen molar-refractivity contribution in [2.75, 3.05) is 6.61 Å². The number of carbonyl (C=O) groups is 1. The van der Waals surface area contributed by atoms with Gasteiger partial charge in [0.1, 0.15) is 6.61 Å².